The number of primary amides is 1. The molecule has 0 aromatic heterocycles. The quantitative estimate of drug-likeness (QED) is 0.506. The highest BCUT2D eigenvalue weighted by atomic mass is 19.1. The molecule has 0 heterocycles. The van der Waals surface area contributed by atoms with Crippen LogP contribution in [0.4, 0.5) is 10.1 Å². The number of amides is 1. The topological polar surface area (TPSA) is 127 Å². The van der Waals surface area contributed by atoms with Gasteiger partial charge in [-0.25, -0.2) is 4.39 Å². The lowest BCUT2D eigenvalue weighted by atomic mass is 10.0. The van der Waals surface area contributed by atoms with Crippen molar-refractivity contribution < 1.29 is 24.3 Å². The molecule has 98 valence electrons. The maximum Gasteiger partial charge on any atom is 0.270 e. The maximum atomic E-state index is 13.4. The molecule has 0 bridgehead atoms. The minimum Gasteiger partial charge on any atom is -0.390 e. The van der Waals surface area contributed by atoms with Crippen molar-refractivity contribution in [1.82, 2.24) is 0 Å². The summed E-state index contributed by atoms with van der Waals surface area (Å²) in [5.74, 6) is -1.80. The second-order valence-electron chi connectivity index (χ2n) is 3.65. The molecule has 0 spiro atoms. The van der Waals surface area contributed by atoms with Crippen molar-refractivity contribution in [2.24, 2.45) is 5.73 Å². The number of non-ortho nitro benzene ring substituents is 1. The average molecular weight is 258 g/mol. The molecule has 18 heavy (non-hydrogen) atoms. The van der Waals surface area contributed by atoms with Crippen molar-refractivity contribution in [1.29, 1.82) is 0 Å². The van der Waals surface area contributed by atoms with Gasteiger partial charge in [0, 0.05) is 17.7 Å². The Balaban J connectivity index is 3.03. The minimum atomic E-state index is -1.77. The molecule has 7 nitrogen and oxygen atoms in total. The minimum absolute atomic E-state index is 0.434. The fourth-order valence-electron chi connectivity index (χ4n) is 1.40. The summed E-state index contributed by atoms with van der Waals surface area (Å²) >= 11 is 0. The molecule has 1 aromatic carbocycles. The van der Waals surface area contributed by atoms with Crippen LogP contribution in [0, 0.1) is 15.9 Å². The van der Waals surface area contributed by atoms with E-state index in [9.17, 15) is 29.5 Å². The number of halogens is 1. The molecule has 0 aliphatic rings. The number of nitrogens with zero attached hydrogens (tertiary/aromatic N) is 1. The van der Waals surface area contributed by atoms with Gasteiger partial charge in [-0.1, -0.05) is 0 Å². The Morgan fingerprint density at radius 1 is 1.50 bits per heavy atom. The van der Waals surface area contributed by atoms with Gasteiger partial charge < -0.3 is 15.9 Å². The Kier molecular flexibility index (Phi) is 4.29. The van der Waals surface area contributed by atoms with Crippen LogP contribution >= 0.6 is 0 Å². The van der Waals surface area contributed by atoms with Crippen molar-refractivity contribution >= 4 is 11.6 Å². The molecular formula is C10H11FN2O5. The van der Waals surface area contributed by atoms with Crippen molar-refractivity contribution in [3.63, 3.8) is 0 Å². The van der Waals surface area contributed by atoms with Crippen LogP contribution in [0.3, 0.4) is 0 Å². The molecule has 0 saturated heterocycles. The van der Waals surface area contributed by atoms with Crippen LogP contribution in [0.15, 0.2) is 18.2 Å². The van der Waals surface area contributed by atoms with Crippen LogP contribution in [0.5, 0.6) is 0 Å². The lowest BCUT2D eigenvalue weighted by Gasteiger charge is -2.17. The Bertz CT molecular complexity index is 479. The maximum absolute atomic E-state index is 13.4. The van der Waals surface area contributed by atoms with Crippen molar-refractivity contribution in [3.05, 3.63) is 39.7 Å². The van der Waals surface area contributed by atoms with Gasteiger partial charge >= 0.3 is 0 Å². The smallest absolute Gasteiger partial charge is 0.270 e. The molecular weight excluding hydrogens is 247 g/mol. The van der Waals surface area contributed by atoms with Gasteiger partial charge in [-0.2, -0.15) is 0 Å². The van der Waals surface area contributed by atoms with E-state index in [-0.39, 0.29) is 0 Å². The molecule has 0 radical (unpaired) electrons. The fourth-order valence-corrected chi connectivity index (χ4v) is 1.40. The zero-order chi connectivity index (χ0) is 13.9. The van der Waals surface area contributed by atoms with Crippen molar-refractivity contribution in [2.45, 2.75) is 18.6 Å². The van der Waals surface area contributed by atoms with E-state index in [2.05, 4.69) is 0 Å². The van der Waals surface area contributed by atoms with Crippen LogP contribution < -0.4 is 5.73 Å². The summed E-state index contributed by atoms with van der Waals surface area (Å²) in [7, 11) is 0. The first-order chi connectivity index (χ1) is 8.32. The highest BCUT2D eigenvalue weighted by Gasteiger charge is 2.25. The van der Waals surface area contributed by atoms with E-state index < -0.39 is 46.5 Å². The third-order valence-electron chi connectivity index (χ3n) is 2.28. The molecule has 1 amide bonds. The summed E-state index contributed by atoms with van der Waals surface area (Å²) in [6, 6.07) is 2.52. The summed E-state index contributed by atoms with van der Waals surface area (Å²) in [4.78, 5) is 20.3. The number of carbonyl (C=O) groups is 1. The predicted octanol–water partition coefficient (Wildman–Crippen LogP) is 0.00360. The number of nitrogens with two attached hydrogens (primary N) is 1. The van der Waals surface area contributed by atoms with E-state index in [0.29, 0.717) is 0 Å². The number of carbonyl (C=O) groups excluding carboxylic acids is 1. The third-order valence-corrected chi connectivity index (χ3v) is 2.28. The fraction of sp³-hybridized carbons (Fsp3) is 0.300. The second-order valence-corrected chi connectivity index (χ2v) is 3.65. The molecule has 2 atom stereocenters. The Morgan fingerprint density at radius 3 is 2.61 bits per heavy atom. The van der Waals surface area contributed by atoms with Crippen LogP contribution in [0.25, 0.3) is 0 Å². The van der Waals surface area contributed by atoms with Gasteiger partial charge in [0.1, 0.15) is 11.9 Å². The number of aliphatic hydroxyl groups excluding tert-OH is 2. The number of hydrogen-bond donors (Lipinski definition) is 3. The number of rotatable bonds is 5. The summed E-state index contributed by atoms with van der Waals surface area (Å²) in [5.41, 5.74) is 3.92. The van der Waals surface area contributed by atoms with E-state index in [4.69, 9.17) is 5.73 Å². The number of benzene rings is 1. The zero-order valence-electron chi connectivity index (χ0n) is 9.12. The van der Waals surface area contributed by atoms with E-state index >= 15 is 0 Å². The van der Waals surface area contributed by atoms with Gasteiger partial charge in [0.25, 0.3) is 5.69 Å². The SMILES string of the molecule is NC(=O)CC(O)C(O)c1cc([N+](=O)[O-])ccc1F. The molecule has 2 unspecified atom stereocenters. The van der Waals surface area contributed by atoms with Crippen LogP contribution in [-0.4, -0.2) is 27.1 Å². The highest BCUT2D eigenvalue weighted by Crippen LogP contribution is 2.25. The number of aliphatic hydroxyl groups is 2. The first-order valence-corrected chi connectivity index (χ1v) is 4.91. The van der Waals surface area contributed by atoms with Crippen LogP contribution in [0.1, 0.15) is 18.1 Å². The Labute approximate surface area is 101 Å². The summed E-state index contributed by atoms with van der Waals surface area (Å²) in [5, 5.41) is 29.5. The highest BCUT2D eigenvalue weighted by molar-refractivity contribution is 5.74. The summed E-state index contributed by atoms with van der Waals surface area (Å²) in [6.07, 6.45) is -3.97. The monoisotopic (exact) mass is 258 g/mol. The van der Waals surface area contributed by atoms with Gasteiger partial charge in [-0.3, -0.25) is 14.9 Å². The van der Waals surface area contributed by atoms with E-state index in [1.54, 1.807) is 0 Å². The summed E-state index contributed by atoms with van der Waals surface area (Å²) < 4.78 is 13.4. The van der Waals surface area contributed by atoms with Crippen molar-refractivity contribution in [2.75, 3.05) is 0 Å². The van der Waals surface area contributed by atoms with Gasteiger partial charge in [-0.15, -0.1) is 0 Å². The third kappa shape index (κ3) is 3.22. The van der Waals surface area contributed by atoms with Crippen LogP contribution in [-0.2, 0) is 4.79 Å². The number of hydrogen-bond acceptors (Lipinski definition) is 5. The molecule has 0 aliphatic heterocycles. The zero-order valence-corrected chi connectivity index (χ0v) is 9.12. The van der Waals surface area contributed by atoms with Gasteiger partial charge in [0.05, 0.1) is 17.4 Å². The predicted molar refractivity (Wildman–Crippen MR) is 57.8 cm³/mol. The molecule has 8 heteroatoms. The Morgan fingerprint density at radius 2 is 2.11 bits per heavy atom. The van der Waals surface area contributed by atoms with E-state index in [1.807, 2.05) is 0 Å². The standard InChI is InChI=1S/C10H11FN2O5/c11-7-2-1-5(13(17)18)3-6(7)10(16)8(14)4-9(12)15/h1-3,8,10,14,16H,4H2,(H2,12,15). The first-order valence-electron chi connectivity index (χ1n) is 4.91. The average Bonchev–Trinajstić information content (AvgIpc) is 2.27. The van der Waals surface area contributed by atoms with Crippen molar-refractivity contribution in [3.8, 4) is 0 Å². The number of nitro benzene ring substituents is 1. The van der Waals surface area contributed by atoms with Gasteiger partial charge in [0.2, 0.25) is 5.91 Å². The van der Waals surface area contributed by atoms with Crippen LogP contribution in [0.2, 0.25) is 0 Å². The lowest BCUT2D eigenvalue weighted by Crippen LogP contribution is -2.26. The second kappa shape index (κ2) is 5.52. The molecule has 1 aromatic rings. The molecule has 4 N–H and O–H groups in total. The first kappa shape index (κ1) is 14.0. The van der Waals surface area contributed by atoms with Gasteiger partial charge in [-0.05, 0) is 6.07 Å². The lowest BCUT2D eigenvalue weighted by molar-refractivity contribution is -0.385. The molecule has 0 aliphatic carbocycles. The van der Waals surface area contributed by atoms with Gasteiger partial charge in [0.15, 0.2) is 0 Å². The van der Waals surface area contributed by atoms with E-state index in [1.165, 1.54) is 0 Å². The molecule has 1 rings (SSSR count). The molecule has 0 fully saturated rings. The largest absolute Gasteiger partial charge is 0.390 e. The molecule has 0 saturated carbocycles. The number of nitro groups is 1. The summed E-state index contributed by atoms with van der Waals surface area (Å²) in [6.45, 7) is 0. The normalized spacial score (nSPS) is 13.9. The van der Waals surface area contributed by atoms with E-state index in [0.717, 1.165) is 18.2 Å². The Hall–Kier alpha value is -2.06.